The Balaban J connectivity index is 2.62. The lowest BCUT2D eigenvalue weighted by atomic mass is 10.1. The number of aryl methyl sites for hydroxylation is 2. The lowest BCUT2D eigenvalue weighted by molar-refractivity contribution is -0.119. The second kappa shape index (κ2) is 5.19. The maximum atomic E-state index is 11.6. The largest absolute Gasteiger partial charge is 0.321 e. The molecule has 0 radical (unpaired) electrons. The molecule has 0 aromatic carbocycles. The van der Waals surface area contributed by atoms with Crippen molar-refractivity contribution in [2.45, 2.75) is 32.7 Å². The van der Waals surface area contributed by atoms with Gasteiger partial charge in [-0.3, -0.25) is 4.79 Å². The minimum absolute atomic E-state index is 0.0312. The van der Waals surface area contributed by atoms with Gasteiger partial charge in [0.25, 0.3) is 0 Å². The zero-order valence-corrected chi connectivity index (χ0v) is 9.93. The Labute approximate surface area is 94.0 Å². The summed E-state index contributed by atoms with van der Waals surface area (Å²) >= 11 is 1.56. The number of hydrogen-bond donors (Lipinski definition) is 1. The van der Waals surface area contributed by atoms with Crippen molar-refractivity contribution >= 4 is 17.1 Å². The quantitative estimate of drug-likeness (QED) is 0.776. The number of nitrogens with two attached hydrogens (primary N) is 1. The smallest absolute Gasteiger partial charge is 0.156 e. The minimum Gasteiger partial charge on any atom is -0.321 e. The summed E-state index contributed by atoms with van der Waals surface area (Å²) in [6.45, 7) is 7.52. The van der Waals surface area contributed by atoms with Crippen LogP contribution in [0.15, 0.2) is 12.7 Å². The molecule has 0 aliphatic heterocycles. The molecule has 0 fully saturated rings. The average Bonchev–Trinajstić information content (AvgIpc) is 2.46. The molecule has 0 saturated heterocycles. The standard InChI is InChI=1S/C11H16N2OS/c1-4-5-9(12)10(14)6-11-13-7(2)8(3)15-11/h4,9H,1,5-6,12H2,2-3H3. The molecule has 0 aliphatic carbocycles. The summed E-state index contributed by atoms with van der Waals surface area (Å²) in [4.78, 5) is 17.1. The van der Waals surface area contributed by atoms with E-state index in [0.29, 0.717) is 12.8 Å². The van der Waals surface area contributed by atoms with E-state index in [9.17, 15) is 4.79 Å². The molecule has 1 atom stereocenters. The van der Waals surface area contributed by atoms with Crippen molar-refractivity contribution in [2.75, 3.05) is 0 Å². The van der Waals surface area contributed by atoms with Gasteiger partial charge in [0, 0.05) is 4.88 Å². The Bertz CT molecular complexity index is 351. The van der Waals surface area contributed by atoms with Crippen molar-refractivity contribution in [2.24, 2.45) is 5.73 Å². The molecular weight excluding hydrogens is 208 g/mol. The van der Waals surface area contributed by atoms with E-state index in [4.69, 9.17) is 5.73 Å². The third kappa shape index (κ3) is 3.25. The van der Waals surface area contributed by atoms with Crippen molar-refractivity contribution in [1.82, 2.24) is 4.98 Å². The maximum Gasteiger partial charge on any atom is 0.156 e. The maximum absolute atomic E-state index is 11.6. The summed E-state index contributed by atoms with van der Waals surface area (Å²) in [6, 6.07) is -0.438. The van der Waals surface area contributed by atoms with Crippen molar-refractivity contribution in [1.29, 1.82) is 0 Å². The Morgan fingerprint density at radius 2 is 2.33 bits per heavy atom. The van der Waals surface area contributed by atoms with Crippen molar-refractivity contribution < 1.29 is 4.79 Å². The molecule has 1 aromatic rings. The van der Waals surface area contributed by atoms with Crippen molar-refractivity contribution in [3.8, 4) is 0 Å². The molecule has 15 heavy (non-hydrogen) atoms. The van der Waals surface area contributed by atoms with Gasteiger partial charge in [0.1, 0.15) is 5.01 Å². The highest BCUT2D eigenvalue weighted by molar-refractivity contribution is 7.11. The molecular formula is C11H16N2OS. The second-order valence-electron chi connectivity index (χ2n) is 3.52. The van der Waals surface area contributed by atoms with Crippen LogP contribution in [0, 0.1) is 13.8 Å². The number of carbonyl (C=O) groups is 1. The van der Waals surface area contributed by atoms with Gasteiger partial charge in [0.05, 0.1) is 18.2 Å². The van der Waals surface area contributed by atoms with Crippen molar-refractivity contribution in [3.63, 3.8) is 0 Å². The summed E-state index contributed by atoms with van der Waals surface area (Å²) in [5, 5.41) is 0.856. The fourth-order valence-corrected chi connectivity index (χ4v) is 2.15. The molecule has 0 amide bonds. The predicted molar refractivity (Wildman–Crippen MR) is 63.1 cm³/mol. The highest BCUT2D eigenvalue weighted by Gasteiger charge is 2.14. The predicted octanol–water partition coefficient (Wildman–Crippen LogP) is 1.77. The molecule has 0 aliphatic rings. The first kappa shape index (κ1) is 12.1. The number of rotatable bonds is 5. The Kier molecular flexibility index (Phi) is 4.17. The molecule has 1 aromatic heterocycles. The van der Waals surface area contributed by atoms with Crippen LogP contribution in [0.1, 0.15) is 22.0 Å². The normalized spacial score (nSPS) is 12.5. The third-order valence-electron chi connectivity index (χ3n) is 2.23. The summed E-state index contributed by atoms with van der Waals surface area (Å²) < 4.78 is 0. The first-order chi connectivity index (χ1) is 7.04. The zero-order chi connectivity index (χ0) is 11.4. The average molecular weight is 224 g/mol. The topological polar surface area (TPSA) is 56.0 Å². The number of nitrogens with zero attached hydrogens (tertiary/aromatic N) is 1. The third-order valence-corrected chi connectivity index (χ3v) is 3.31. The number of Topliss-reactive ketones (excluding diaryl/α,β-unsaturated/α-hetero) is 1. The van der Waals surface area contributed by atoms with Gasteiger partial charge in [-0.2, -0.15) is 0 Å². The van der Waals surface area contributed by atoms with E-state index >= 15 is 0 Å². The first-order valence-electron chi connectivity index (χ1n) is 4.86. The summed E-state index contributed by atoms with van der Waals surface area (Å²) in [5.74, 6) is 0.0312. The number of ketones is 1. The second-order valence-corrected chi connectivity index (χ2v) is 4.81. The van der Waals surface area contributed by atoms with E-state index in [1.807, 2.05) is 13.8 Å². The fraction of sp³-hybridized carbons (Fsp3) is 0.455. The molecule has 1 heterocycles. The highest BCUT2D eigenvalue weighted by atomic mass is 32.1. The van der Waals surface area contributed by atoms with E-state index in [1.54, 1.807) is 17.4 Å². The number of carbonyl (C=O) groups excluding carboxylic acids is 1. The van der Waals surface area contributed by atoms with Gasteiger partial charge in [-0.15, -0.1) is 17.9 Å². The van der Waals surface area contributed by atoms with Crippen LogP contribution in [0.25, 0.3) is 0 Å². The summed E-state index contributed by atoms with van der Waals surface area (Å²) in [5.41, 5.74) is 6.68. The van der Waals surface area contributed by atoms with Crippen LogP contribution in [-0.2, 0) is 11.2 Å². The lowest BCUT2D eigenvalue weighted by Crippen LogP contribution is -2.31. The van der Waals surface area contributed by atoms with E-state index in [-0.39, 0.29) is 5.78 Å². The van der Waals surface area contributed by atoms with Gasteiger partial charge in [0.2, 0.25) is 0 Å². The van der Waals surface area contributed by atoms with Crippen LogP contribution in [0.3, 0.4) is 0 Å². The zero-order valence-electron chi connectivity index (χ0n) is 9.12. The molecule has 1 unspecified atom stereocenters. The van der Waals surface area contributed by atoms with Gasteiger partial charge in [-0.25, -0.2) is 4.98 Å². The van der Waals surface area contributed by atoms with Crippen LogP contribution < -0.4 is 5.73 Å². The van der Waals surface area contributed by atoms with Crippen LogP contribution in [0.5, 0.6) is 0 Å². The van der Waals surface area contributed by atoms with Crippen molar-refractivity contribution in [3.05, 3.63) is 28.2 Å². The molecule has 2 N–H and O–H groups in total. The molecule has 4 heteroatoms. The molecule has 0 saturated carbocycles. The van der Waals surface area contributed by atoms with Gasteiger partial charge in [-0.1, -0.05) is 6.08 Å². The van der Waals surface area contributed by atoms with Gasteiger partial charge < -0.3 is 5.73 Å². The Hall–Kier alpha value is -1.000. The molecule has 82 valence electrons. The van der Waals surface area contributed by atoms with E-state index in [2.05, 4.69) is 11.6 Å². The summed E-state index contributed by atoms with van der Waals surface area (Å²) in [7, 11) is 0. The number of thiazole rings is 1. The van der Waals surface area contributed by atoms with Crippen LogP contribution >= 0.6 is 11.3 Å². The lowest BCUT2D eigenvalue weighted by Gasteiger charge is -2.05. The van der Waals surface area contributed by atoms with Gasteiger partial charge in [-0.05, 0) is 20.3 Å². The van der Waals surface area contributed by atoms with E-state index in [0.717, 1.165) is 15.6 Å². The SMILES string of the molecule is C=CCC(N)C(=O)Cc1nc(C)c(C)s1. The van der Waals surface area contributed by atoms with Crippen LogP contribution in [-0.4, -0.2) is 16.8 Å². The molecule has 1 rings (SSSR count). The number of aromatic nitrogens is 1. The van der Waals surface area contributed by atoms with Gasteiger partial charge >= 0.3 is 0 Å². The monoisotopic (exact) mass is 224 g/mol. The molecule has 3 nitrogen and oxygen atoms in total. The van der Waals surface area contributed by atoms with E-state index < -0.39 is 6.04 Å². The van der Waals surface area contributed by atoms with Crippen LogP contribution in [0.4, 0.5) is 0 Å². The Morgan fingerprint density at radius 3 is 2.80 bits per heavy atom. The number of hydrogen-bond acceptors (Lipinski definition) is 4. The molecule has 0 bridgehead atoms. The highest BCUT2D eigenvalue weighted by Crippen LogP contribution is 2.17. The Morgan fingerprint density at radius 1 is 1.67 bits per heavy atom. The van der Waals surface area contributed by atoms with Gasteiger partial charge in [0.15, 0.2) is 5.78 Å². The molecule has 0 spiro atoms. The minimum atomic E-state index is -0.438. The van der Waals surface area contributed by atoms with Crippen LogP contribution in [0.2, 0.25) is 0 Å². The van der Waals surface area contributed by atoms with E-state index in [1.165, 1.54) is 0 Å². The fourth-order valence-electron chi connectivity index (χ4n) is 1.21. The first-order valence-corrected chi connectivity index (χ1v) is 5.68. The summed E-state index contributed by atoms with van der Waals surface area (Å²) in [6.07, 6.45) is 2.54.